The maximum atomic E-state index is 12.2. The molecule has 0 spiro atoms. The van der Waals surface area contributed by atoms with Gasteiger partial charge in [-0.3, -0.25) is 9.79 Å². The van der Waals surface area contributed by atoms with Gasteiger partial charge in [-0.1, -0.05) is 19.9 Å². The van der Waals surface area contributed by atoms with Crippen molar-refractivity contribution in [1.82, 2.24) is 5.32 Å². The lowest BCUT2D eigenvalue weighted by atomic mass is 9.89. The number of carbonyl (C=O) groups is 2. The van der Waals surface area contributed by atoms with E-state index in [0.29, 0.717) is 17.0 Å². The van der Waals surface area contributed by atoms with Crippen molar-refractivity contribution < 1.29 is 14.7 Å². The number of nitrogens with one attached hydrogen (secondary N) is 1. The molecule has 21 heavy (non-hydrogen) atoms. The van der Waals surface area contributed by atoms with Crippen molar-refractivity contribution in [3.05, 3.63) is 34.4 Å². The van der Waals surface area contributed by atoms with Crippen LogP contribution < -0.4 is 5.32 Å². The molecule has 2 rings (SSSR count). The molecule has 1 aliphatic heterocycles. The lowest BCUT2D eigenvalue weighted by Gasteiger charge is -2.21. The summed E-state index contributed by atoms with van der Waals surface area (Å²) in [6, 6.07) is 3.32. The van der Waals surface area contributed by atoms with Gasteiger partial charge in [0.2, 0.25) is 0 Å². The largest absolute Gasteiger partial charge is 0.478 e. The molecular formula is C16H20N2O3. The quantitative estimate of drug-likeness (QED) is 0.895. The molecule has 0 bridgehead atoms. The Kier molecular flexibility index (Phi) is 3.61. The molecule has 1 amide bonds. The van der Waals surface area contributed by atoms with E-state index in [1.807, 2.05) is 20.8 Å². The fourth-order valence-corrected chi connectivity index (χ4v) is 2.50. The van der Waals surface area contributed by atoms with E-state index in [1.165, 1.54) is 0 Å². The Labute approximate surface area is 124 Å². The fraction of sp³-hybridized carbons (Fsp3) is 0.438. The summed E-state index contributed by atoms with van der Waals surface area (Å²) in [6.07, 6.45) is 0. The van der Waals surface area contributed by atoms with Gasteiger partial charge in [0.15, 0.2) is 0 Å². The van der Waals surface area contributed by atoms with E-state index in [1.54, 1.807) is 26.0 Å². The van der Waals surface area contributed by atoms with Gasteiger partial charge >= 0.3 is 5.97 Å². The molecule has 0 aliphatic carbocycles. The fourth-order valence-electron chi connectivity index (χ4n) is 2.50. The van der Waals surface area contributed by atoms with Crippen LogP contribution in [-0.4, -0.2) is 28.4 Å². The summed E-state index contributed by atoms with van der Waals surface area (Å²) in [7, 11) is 0. The minimum absolute atomic E-state index is 0.0540. The van der Waals surface area contributed by atoms with E-state index < -0.39 is 11.5 Å². The highest BCUT2D eigenvalue weighted by Gasteiger charge is 2.42. The Morgan fingerprint density at radius 1 is 1.33 bits per heavy atom. The van der Waals surface area contributed by atoms with E-state index in [-0.39, 0.29) is 17.4 Å². The maximum absolute atomic E-state index is 12.2. The second-order valence-electron chi connectivity index (χ2n) is 5.95. The summed E-state index contributed by atoms with van der Waals surface area (Å²) in [4.78, 5) is 28.0. The van der Waals surface area contributed by atoms with Gasteiger partial charge in [0.25, 0.3) is 5.91 Å². The number of benzene rings is 1. The topological polar surface area (TPSA) is 78.8 Å². The Balaban J connectivity index is 2.61. The molecule has 112 valence electrons. The van der Waals surface area contributed by atoms with E-state index in [9.17, 15) is 14.7 Å². The Morgan fingerprint density at radius 2 is 1.95 bits per heavy atom. The van der Waals surface area contributed by atoms with Crippen LogP contribution in [-0.2, 0) is 4.79 Å². The molecule has 0 saturated heterocycles. The van der Waals surface area contributed by atoms with Crippen molar-refractivity contribution in [2.45, 2.75) is 40.2 Å². The predicted molar refractivity (Wildman–Crippen MR) is 80.8 cm³/mol. The smallest absolute Gasteiger partial charge is 0.335 e. The summed E-state index contributed by atoms with van der Waals surface area (Å²) < 4.78 is 0. The van der Waals surface area contributed by atoms with Crippen LogP contribution in [0, 0.1) is 19.8 Å². The van der Waals surface area contributed by atoms with Crippen LogP contribution in [0.2, 0.25) is 0 Å². The van der Waals surface area contributed by atoms with Gasteiger partial charge in [0.1, 0.15) is 11.4 Å². The minimum Gasteiger partial charge on any atom is -0.478 e. The molecule has 0 radical (unpaired) electrons. The van der Waals surface area contributed by atoms with Crippen LogP contribution in [0.5, 0.6) is 0 Å². The molecule has 0 fully saturated rings. The Morgan fingerprint density at radius 3 is 2.43 bits per heavy atom. The van der Waals surface area contributed by atoms with Gasteiger partial charge in [-0.25, -0.2) is 4.79 Å². The molecule has 0 saturated carbocycles. The molecule has 1 unspecified atom stereocenters. The summed E-state index contributed by atoms with van der Waals surface area (Å²) in [5, 5.41) is 12.0. The molecule has 5 nitrogen and oxygen atoms in total. The summed E-state index contributed by atoms with van der Waals surface area (Å²) in [5.74, 6) is -0.607. The number of aromatic carboxylic acids is 1. The van der Waals surface area contributed by atoms with Crippen molar-refractivity contribution >= 4 is 17.7 Å². The molecule has 2 N–H and O–H groups in total. The number of carboxylic acid groups (broad SMARTS) is 1. The van der Waals surface area contributed by atoms with Crippen molar-refractivity contribution in [3.63, 3.8) is 0 Å². The van der Waals surface area contributed by atoms with Crippen LogP contribution >= 0.6 is 0 Å². The molecule has 5 heteroatoms. The predicted octanol–water partition coefficient (Wildman–Crippen LogP) is 2.29. The van der Waals surface area contributed by atoms with Crippen LogP contribution in [0.4, 0.5) is 0 Å². The van der Waals surface area contributed by atoms with E-state index in [0.717, 1.165) is 5.56 Å². The van der Waals surface area contributed by atoms with Crippen LogP contribution in [0.1, 0.15) is 47.8 Å². The third-order valence-corrected chi connectivity index (χ3v) is 4.30. The zero-order chi connectivity index (χ0) is 15.9. The van der Waals surface area contributed by atoms with Gasteiger partial charge in [0, 0.05) is 5.56 Å². The van der Waals surface area contributed by atoms with Gasteiger partial charge in [-0.15, -0.1) is 0 Å². The number of aliphatic imine (C=N–C) groups is 1. The first-order chi connectivity index (χ1) is 9.68. The number of aryl methyl sites for hydroxylation is 1. The number of amidine groups is 1. The monoisotopic (exact) mass is 288 g/mol. The maximum Gasteiger partial charge on any atom is 0.335 e. The first-order valence-electron chi connectivity index (χ1n) is 6.93. The van der Waals surface area contributed by atoms with Crippen LogP contribution in [0.15, 0.2) is 17.1 Å². The molecule has 0 aromatic heterocycles. The first-order valence-corrected chi connectivity index (χ1v) is 6.93. The lowest BCUT2D eigenvalue weighted by molar-refractivity contribution is -0.124. The molecule has 1 aromatic rings. The number of nitrogens with zero attached hydrogens (tertiary/aromatic N) is 1. The number of amides is 1. The third kappa shape index (κ3) is 2.33. The Bertz CT molecular complexity index is 662. The highest BCUT2D eigenvalue weighted by Crippen LogP contribution is 2.29. The second kappa shape index (κ2) is 4.98. The number of carboxylic acids is 1. The van der Waals surface area contributed by atoms with Crippen LogP contribution in [0.3, 0.4) is 0 Å². The van der Waals surface area contributed by atoms with Crippen molar-refractivity contribution in [3.8, 4) is 0 Å². The van der Waals surface area contributed by atoms with Gasteiger partial charge < -0.3 is 10.4 Å². The summed E-state index contributed by atoms with van der Waals surface area (Å²) in [5.41, 5.74) is 1.63. The number of carbonyl (C=O) groups excluding carboxylic acids is 1. The zero-order valence-corrected chi connectivity index (χ0v) is 12.9. The highest BCUT2D eigenvalue weighted by molar-refractivity contribution is 6.17. The SMILES string of the molecule is Cc1ccc(C(=O)O)c(C)c1C1=NC(C)(C(C)C)C(=O)N1. The van der Waals surface area contributed by atoms with E-state index in [2.05, 4.69) is 10.3 Å². The highest BCUT2D eigenvalue weighted by atomic mass is 16.4. The average molecular weight is 288 g/mol. The number of rotatable bonds is 3. The third-order valence-electron chi connectivity index (χ3n) is 4.30. The van der Waals surface area contributed by atoms with Gasteiger partial charge in [-0.2, -0.15) is 0 Å². The average Bonchev–Trinajstić information content (AvgIpc) is 2.66. The summed E-state index contributed by atoms with van der Waals surface area (Å²) in [6.45, 7) is 9.31. The molecule has 1 aromatic carbocycles. The van der Waals surface area contributed by atoms with Gasteiger partial charge in [-0.05, 0) is 43.9 Å². The van der Waals surface area contributed by atoms with Crippen molar-refractivity contribution in [1.29, 1.82) is 0 Å². The first kappa shape index (κ1) is 15.2. The molecule has 1 aliphatic rings. The number of hydrogen-bond acceptors (Lipinski definition) is 3. The molecular weight excluding hydrogens is 268 g/mol. The Hall–Kier alpha value is -2.17. The van der Waals surface area contributed by atoms with Crippen molar-refractivity contribution in [2.24, 2.45) is 10.9 Å². The van der Waals surface area contributed by atoms with Gasteiger partial charge in [0.05, 0.1) is 5.56 Å². The minimum atomic E-state index is -0.981. The van der Waals surface area contributed by atoms with E-state index in [4.69, 9.17) is 0 Å². The van der Waals surface area contributed by atoms with Crippen molar-refractivity contribution in [2.75, 3.05) is 0 Å². The lowest BCUT2D eigenvalue weighted by Crippen LogP contribution is -2.41. The zero-order valence-electron chi connectivity index (χ0n) is 12.9. The number of hydrogen-bond donors (Lipinski definition) is 2. The van der Waals surface area contributed by atoms with Crippen LogP contribution in [0.25, 0.3) is 0 Å². The molecule has 1 heterocycles. The normalized spacial score (nSPS) is 21.4. The van der Waals surface area contributed by atoms with E-state index >= 15 is 0 Å². The second-order valence-corrected chi connectivity index (χ2v) is 5.95. The standard InChI is InChI=1S/C16H20N2O3/c1-8(2)16(5)15(21)17-13(18-16)12-9(3)6-7-11(10(12)4)14(19)20/h6-8H,1-5H3,(H,19,20)(H,17,18,21). The summed E-state index contributed by atoms with van der Waals surface area (Å²) >= 11 is 0. The molecule has 1 atom stereocenters.